The van der Waals surface area contributed by atoms with Gasteiger partial charge in [-0.15, -0.1) is 0 Å². The zero-order valence-corrected chi connectivity index (χ0v) is 19.9. The summed E-state index contributed by atoms with van der Waals surface area (Å²) in [6.45, 7) is 5.17. The number of benzene rings is 3. The number of ether oxygens (including phenoxy) is 1. The molecule has 0 N–H and O–H groups in total. The molecule has 3 aromatic carbocycles. The van der Waals surface area contributed by atoms with E-state index in [4.69, 9.17) is 4.74 Å². The van der Waals surface area contributed by atoms with E-state index < -0.39 is 11.6 Å². The van der Waals surface area contributed by atoms with Crippen LogP contribution in [0.25, 0.3) is 33.9 Å². The van der Waals surface area contributed by atoms with Gasteiger partial charge in [-0.2, -0.15) is 0 Å². The molecule has 0 amide bonds. The smallest absolute Gasteiger partial charge is 0.169 e. The molecule has 0 saturated heterocycles. The molecule has 4 nitrogen and oxygen atoms in total. The van der Waals surface area contributed by atoms with Crippen LogP contribution in [0, 0.1) is 23.4 Å². The summed E-state index contributed by atoms with van der Waals surface area (Å²) in [6, 6.07) is 18.3. The van der Waals surface area contributed by atoms with Gasteiger partial charge >= 0.3 is 0 Å². The summed E-state index contributed by atoms with van der Waals surface area (Å²) in [7, 11) is 0. The first-order valence-corrected chi connectivity index (χ1v) is 11.7. The fraction of sp³-hybridized carbons (Fsp3) is 0.172. The van der Waals surface area contributed by atoms with Gasteiger partial charge in [-0.3, -0.25) is 0 Å². The van der Waals surface area contributed by atoms with E-state index in [-0.39, 0.29) is 17.2 Å². The van der Waals surface area contributed by atoms with Gasteiger partial charge in [0.05, 0.1) is 17.9 Å². The van der Waals surface area contributed by atoms with E-state index in [0.717, 1.165) is 22.8 Å². The van der Waals surface area contributed by atoms with Crippen LogP contribution in [-0.2, 0) is 6.54 Å². The van der Waals surface area contributed by atoms with Gasteiger partial charge < -0.3 is 9.30 Å². The van der Waals surface area contributed by atoms with Crippen molar-refractivity contribution < 1.29 is 17.9 Å². The summed E-state index contributed by atoms with van der Waals surface area (Å²) >= 11 is 0. The zero-order valence-electron chi connectivity index (χ0n) is 19.9. The average Bonchev–Trinajstić information content (AvgIpc) is 3.28. The highest BCUT2D eigenvalue weighted by Crippen LogP contribution is 2.32. The summed E-state index contributed by atoms with van der Waals surface area (Å²) in [6.07, 6.45) is 3.70. The van der Waals surface area contributed by atoms with E-state index in [1.807, 2.05) is 55.1 Å². The Hall–Kier alpha value is -4.13. The first-order chi connectivity index (χ1) is 17.4. The van der Waals surface area contributed by atoms with E-state index >= 15 is 0 Å². The van der Waals surface area contributed by atoms with Crippen LogP contribution in [-0.4, -0.2) is 21.1 Å². The van der Waals surface area contributed by atoms with Crippen molar-refractivity contribution in [3.63, 3.8) is 0 Å². The van der Waals surface area contributed by atoms with Crippen molar-refractivity contribution in [3.8, 4) is 39.7 Å². The lowest BCUT2D eigenvalue weighted by molar-refractivity contribution is 0.271. The minimum atomic E-state index is -0.959. The summed E-state index contributed by atoms with van der Waals surface area (Å²) in [5, 5.41) is 0. The van der Waals surface area contributed by atoms with Crippen LogP contribution in [0.5, 0.6) is 5.75 Å². The van der Waals surface area contributed by atoms with Crippen molar-refractivity contribution >= 4 is 0 Å². The van der Waals surface area contributed by atoms with Gasteiger partial charge in [0.15, 0.2) is 17.5 Å². The molecular formula is C29H24F3N3O. The number of pyridine rings is 1. The second-order valence-electron chi connectivity index (χ2n) is 9.08. The largest absolute Gasteiger partial charge is 0.493 e. The highest BCUT2D eigenvalue weighted by molar-refractivity contribution is 5.71. The Morgan fingerprint density at radius 2 is 1.64 bits per heavy atom. The van der Waals surface area contributed by atoms with Crippen molar-refractivity contribution in [3.05, 3.63) is 102 Å². The summed E-state index contributed by atoms with van der Waals surface area (Å²) < 4.78 is 49.4. The molecule has 182 valence electrons. The molecule has 3 aromatic rings. The van der Waals surface area contributed by atoms with Gasteiger partial charge in [0.2, 0.25) is 0 Å². The molecule has 0 aliphatic carbocycles. The number of aromatic nitrogens is 3. The lowest BCUT2D eigenvalue weighted by Crippen LogP contribution is -2.05. The molecule has 0 radical (unpaired) electrons. The Morgan fingerprint density at radius 1 is 0.861 bits per heavy atom. The van der Waals surface area contributed by atoms with Crippen LogP contribution in [0.15, 0.2) is 79.1 Å². The van der Waals surface area contributed by atoms with Crippen molar-refractivity contribution in [2.45, 2.75) is 20.4 Å². The minimum absolute atomic E-state index is 0.0332. The standard InChI is InChI=1S/C29H24F3N3O/c1-18(2)17-36-27-14-21(30)10-11-22(27)20-8-6-19(7-9-20)15-35-13-12-25-26(16-35)34-29(33-25)23-4-3-5-24(31)28(23)32/h3-14,16,18H,15,17H2,1-2H3. The van der Waals surface area contributed by atoms with E-state index in [0.29, 0.717) is 36.2 Å². The molecule has 5 rings (SSSR count). The predicted molar refractivity (Wildman–Crippen MR) is 133 cm³/mol. The second kappa shape index (κ2) is 9.85. The number of hydrogen-bond donors (Lipinski definition) is 0. The molecule has 36 heavy (non-hydrogen) atoms. The Morgan fingerprint density at radius 3 is 2.42 bits per heavy atom. The predicted octanol–water partition coefficient (Wildman–Crippen LogP) is 7.22. The fourth-order valence-electron chi connectivity index (χ4n) is 3.96. The van der Waals surface area contributed by atoms with Gasteiger partial charge in [-0.25, -0.2) is 23.1 Å². The van der Waals surface area contributed by atoms with Gasteiger partial charge in [0.25, 0.3) is 0 Å². The van der Waals surface area contributed by atoms with Crippen molar-refractivity contribution in [2.75, 3.05) is 6.61 Å². The first-order valence-electron chi connectivity index (χ1n) is 11.7. The highest BCUT2D eigenvalue weighted by Gasteiger charge is 2.17. The lowest BCUT2D eigenvalue weighted by Gasteiger charge is -2.14. The Balaban J connectivity index is 1.37. The van der Waals surface area contributed by atoms with E-state index in [1.54, 1.807) is 12.1 Å². The second-order valence-corrected chi connectivity index (χ2v) is 9.08. The first kappa shape index (κ1) is 23.6. The third-order valence-electron chi connectivity index (χ3n) is 5.77. The molecule has 0 unspecified atom stereocenters. The molecule has 2 heterocycles. The SMILES string of the molecule is CC(C)COc1cc(F)ccc1-c1ccc(Cn2ccc3nc(-c4cccc(F)c4F)nc-3c2)cc1. The summed E-state index contributed by atoms with van der Waals surface area (Å²) in [4.78, 5) is 8.75. The fourth-order valence-corrected chi connectivity index (χ4v) is 3.96. The molecule has 0 atom stereocenters. The Bertz CT molecular complexity index is 1480. The lowest BCUT2D eigenvalue weighted by atomic mass is 10.0. The third-order valence-corrected chi connectivity index (χ3v) is 5.77. The minimum Gasteiger partial charge on any atom is -0.493 e. The molecule has 7 heteroatoms. The van der Waals surface area contributed by atoms with Crippen LogP contribution in [0.3, 0.4) is 0 Å². The molecular weight excluding hydrogens is 463 g/mol. The quantitative estimate of drug-likeness (QED) is 0.243. The molecule has 0 saturated carbocycles. The van der Waals surface area contributed by atoms with Crippen molar-refractivity contribution in [1.29, 1.82) is 0 Å². The Labute approximate surface area is 207 Å². The van der Waals surface area contributed by atoms with Crippen LogP contribution in [0.2, 0.25) is 0 Å². The van der Waals surface area contributed by atoms with E-state index in [9.17, 15) is 13.2 Å². The Kier molecular flexibility index (Phi) is 6.46. The summed E-state index contributed by atoms with van der Waals surface area (Å²) in [5.74, 6) is -1.22. The molecule has 0 aromatic heterocycles. The number of hydrogen-bond acceptors (Lipinski definition) is 3. The topological polar surface area (TPSA) is 39.9 Å². The molecule has 2 aliphatic heterocycles. The summed E-state index contributed by atoms with van der Waals surface area (Å²) in [5.41, 5.74) is 4.04. The number of imidazole rings is 1. The van der Waals surface area contributed by atoms with E-state index in [2.05, 4.69) is 9.97 Å². The molecule has 0 bridgehead atoms. The number of rotatable bonds is 7. The number of halogens is 3. The van der Waals surface area contributed by atoms with Crippen molar-refractivity contribution in [2.24, 2.45) is 5.92 Å². The van der Waals surface area contributed by atoms with Gasteiger partial charge in [-0.1, -0.05) is 44.2 Å². The van der Waals surface area contributed by atoms with Gasteiger partial charge in [0, 0.05) is 30.6 Å². The average molecular weight is 488 g/mol. The van der Waals surface area contributed by atoms with Gasteiger partial charge in [0.1, 0.15) is 17.3 Å². The van der Waals surface area contributed by atoms with E-state index in [1.165, 1.54) is 24.3 Å². The van der Waals surface area contributed by atoms with Gasteiger partial charge in [-0.05, 0) is 47.4 Å². The molecule has 2 aliphatic rings. The maximum absolute atomic E-state index is 14.2. The maximum Gasteiger partial charge on any atom is 0.169 e. The molecule has 0 spiro atoms. The number of nitrogens with zero attached hydrogens (tertiary/aromatic N) is 3. The zero-order chi connectivity index (χ0) is 25.2. The van der Waals surface area contributed by atoms with Crippen LogP contribution in [0.1, 0.15) is 19.4 Å². The van der Waals surface area contributed by atoms with Crippen LogP contribution >= 0.6 is 0 Å². The highest BCUT2D eigenvalue weighted by atomic mass is 19.2. The maximum atomic E-state index is 14.2. The normalized spacial score (nSPS) is 11.4. The number of fused-ring (bicyclic) bond motifs is 1. The molecule has 0 fully saturated rings. The van der Waals surface area contributed by atoms with Crippen LogP contribution < -0.4 is 4.74 Å². The monoisotopic (exact) mass is 487 g/mol. The third kappa shape index (κ3) is 4.96. The van der Waals surface area contributed by atoms with Crippen LogP contribution in [0.4, 0.5) is 13.2 Å². The van der Waals surface area contributed by atoms with Crippen molar-refractivity contribution in [1.82, 2.24) is 14.5 Å².